The lowest BCUT2D eigenvalue weighted by Gasteiger charge is -2.47. The molecule has 6 nitrogen and oxygen atoms in total. The standard InChI is InChI=1S/C15H22N4O2/c1-18-7-4-15(5-8-18)11-19(9-10-21-15)14-12(13(16)20)3-2-6-17-14/h2-3,6H,4-5,7-11H2,1H3,(H2,16,20). The van der Waals surface area contributed by atoms with Gasteiger partial charge in [-0.3, -0.25) is 4.79 Å². The van der Waals surface area contributed by atoms with E-state index in [0.29, 0.717) is 18.0 Å². The van der Waals surface area contributed by atoms with Gasteiger partial charge in [0.15, 0.2) is 0 Å². The highest BCUT2D eigenvalue weighted by atomic mass is 16.5. The van der Waals surface area contributed by atoms with Crippen molar-refractivity contribution in [3.8, 4) is 0 Å². The highest BCUT2D eigenvalue weighted by Gasteiger charge is 2.39. The molecule has 1 aromatic rings. The molecule has 0 aromatic carbocycles. The van der Waals surface area contributed by atoms with E-state index in [0.717, 1.165) is 39.0 Å². The van der Waals surface area contributed by atoms with Gasteiger partial charge in [0.25, 0.3) is 5.91 Å². The lowest BCUT2D eigenvalue weighted by atomic mass is 9.89. The van der Waals surface area contributed by atoms with E-state index in [2.05, 4.69) is 21.8 Å². The number of carbonyl (C=O) groups excluding carboxylic acids is 1. The van der Waals surface area contributed by atoms with Crippen molar-refractivity contribution in [1.29, 1.82) is 0 Å². The molecule has 2 aliphatic heterocycles. The molecule has 21 heavy (non-hydrogen) atoms. The van der Waals surface area contributed by atoms with Crippen LogP contribution in [0.5, 0.6) is 0 Å². The van der Waals surface area contributed by atoms with Crippen LogP contribution in [0.3, 0.4) is 0 Å². The summed E-state index contributed by atoms with van der Waals surface area (Å²) in [6.07, 6.45) is 3.73. The second-order valence-corrected chi connectivity index (χ2v) is 6.00. The fraction of sp³-hybridized carbons (Fsp3) is 0.600. The minimum absolute atomic E-state index is 0.114. The number of carbonyl (C=O) groups is 1. The first-order chi connectivity index (χ1) is 10.1. The summed E-state index contributed by atoms with van der Waals surface area (Å²) in [5, 5.41) is 0. The van der Waals surface area contributed by atoms with Crippen LogP contribution in [0.25, 0.3) is 0 Å². The first-order valence-electron chi connectivity index (χ1n) is 7.42. The molecule has 3 heterocycles. The van der Waals surface area contributed by atoms with Crippen LogP contribution in [-0.4, -0.2) is 61.2 Å². The number of morpholine rings is 1. The van der Waals surface area contributed by atoms with E-state index in [1.54, 1.807) is 18.3 Å². The number of rotatable bonds is 2. The third-order valence-electron chi connectivity index (χ3n) is 4.50. The number of amides is 1. The van der Waals surface area contributed by atoms with E-state index in [1.807, 2.05) is 0 Å². The van der Waals surface area contributed by atoms with Gasteiger partial charge in [0, 0.05) is 32.4 Å². The van der Waals surface area contributed by atoms with E-state index in [9.17, 15) is 4.79 Å². The lowest BCUT2D eigenvalue weighted by Crippen LogP contribution is -2.57. The van der Waals surface area contributed by atoms with Crippen molar-refractivity contribution in [2.45, 2.75) is 18.4 Å². The first kappa shape index (κ1) is 14.3. The summed E-state index contributed by atoms with van der Waals surface area (Å²) in [7, 11) is 2.14. The van der Waals surface area contributed by atoms with Crippen LogP contribution in [-0.2, 0) is 4.74 Å². The van der Waals surface area contributed by atoms with Crippen LogP contribution in [0, 0.1) is 0 Å². The van der Waals surface area contributed by atoms with Crippen LogP contribution in [0.1, 0.15) is 23.2 Å². The lowest BCUT2D eigenvalue weighted by molar-refractivity contribution is -0.0885. The van der Waals surface area contributed by atoms with Gasteiger partial charge in [-0.25, -0.2) is 4.98 Å². The zero-order chi connectivity index (χ0) is 14.9. The molecule has 2 fully saturated rings. The topological polar surface area (TPSA) is 71.7 Å². The maximum atomic E-state index is 11.6. The molecule has 1 amide bonds. The summed E-state index contributed by atoms with van der Waals surface area (Å²) in [6, 6.07) is 3.48. The van der Waals surface area contributed by atoms with Crippen LogP contribution in [0.15, 0.2) is 18.3 Å². The molecular formula is C15H22N4O2. The highest BCUT2D eigenvalue weighted by Crippen LogP contribution is 2.32. The number of pyridine rings is 1. The Bertz CT molecular complexity index is 526. The van der Waals surface area contributed by atoms with E-state index >= 15 is 0 Å². The average Bonchev–Trinajstić information content (AvgIpc) is 2.51. The summed E-state index contributed by atoms with van der Waals surface area (Å²) >= 11 is 0. The van der Waals surface area contributed by atoms with E-state index in [1.165, 1.54) is 0 Å². The molecule has 6 heteroatoms. The molecule has 2 N–H and O–H groups in total. The zero-order valence-corrected chi connectivity index (χ0v) is 12.4. The van der Waals surface area contributed by atoms with E-state index in [4.69, 9.17) is 10.5 Å². The van der Waals surface area contributed by atoms with Gasteiger partial charge >= 0.3 is 0 Å². The molecular weight excluding hydrogens is 268 g/mol. The summed E-state index contributed by atoms with van der Waals surface area (Å²) in [6.45, 7) is 4.27. The Hall–Kier alpha value is -1.66. The van der Waals surface area contributed by atoms with Gasteiger partial charge in [0.05, 0.1) is 17.8 Å². The van der Waals surface area contributed by atoms with Crippen molar-refractivity contribution < 1.29 is 9.53 Å². The fourth-order valence-corrected chi connectivity index (χ4v) is 3.20. The molecule has 1 spiro atoms. The molecule has 0 radical (unpaired) electrons. The Morgan fingerprint density at radius 3 is 2.86 bits per heavy atom. The zero-order valence-electron chi connectivity index (χ0n) is 12.4. The number of likely N-dealkylation sites (tertiary alicyclic amines) is 1. The second-order valence-electron chi connectivity index (χ2n) is 6.00. The molecule has 0 bridgehead atoms. The number of aromatic nitrogens is 1. The van der Waals surface area contributed by atoms with Crippen LogP contribution < -0.4 is 10.6 Å². The molecule has 1 aromatic heterocycles. The Kier molecular flexibility index (Phi) is 3.82. The van der Waals surface area contributed by atoms with Gasteiger partial charge in [-0.05, 0) is 32.0 Å². The Labute approximate surface area is 124 Å². The maximum Gasteiger partial charge on any atom is 0.252 e. The van der Waals surface area contributed by atoms with Crippen molar-refractivity contribution >= 4 is 11.7 Å². The number of hydrogen-bond donors (Lipinski definition) is 1. The Morgan fingerprint density at radius 1 is 1.38 bits per heavy atom. The van der Waals surface area contributed by atoms with Crippen molar-refractivity contribution in [2.24, 2.45) is 5.73 Å². The monoisotopic (exact) mass is 290 g/mol. The van der Waals surface area contributed by atoms with Gasteiger partial charge in [-0.2, -0.15) is 0 Å². The third kappa shape index (κ3) is 2.87. The van der Waals surface area contributed by atoms with Gasteiger partial charge in [-0.1, -0.05) is 0 Å². The maximum absolute atomic E-state index is 11.6. The fourth-order valence-electron chi connectivity index (χ4n) is 3.20. The van der Waals surface area contributed by atoms with Crippen LogP contribution in [0.2, 0.25) is 0 Å². The molecule has 0 unspecified atom stereocenters. The largest absolute Gasteiger partial charge is 0.371 e. The normalized spacial score (nSPS) is 22.4. The predicted molar refractivity (Wildman–Crippen MR) is 80.4 cm³/mol. The number of ether oxygens (including phenoxy) is 1. The van der Waals surface area contributed by atoms with Crippen LogP contribution >= 0.6 is 0 Å². The quantitative estimate of drug-likeness (QED) is 0.858. The molecule has 3 rings (SSSR count). The predicted octanol–water partition coefficient (Wildman–Crippen LogP) is 0.482. The van der Waals surface area contributed by atoms with Gasteiger partial charge < -0.3 is 20.3 Å². The van der Waals surface area contributed by atoms with Crippen molar-refractivity contribution in [1.82, 2.24) is 9.88 Å². The minimum atomic E-state index is -0.429. The number of nitrogens with two attached hydrogens (primary N) is 1. The molecule has 0 atom stereocenters. The highest BCUT2D eigenvalue weighted by molar-refractivity contribution is 5.97. The van der Waals surface area contributed by atoms with Crippen molar-refractivity contribution in [3.05, 3.63) is 23.9 Å². The van der Waals surface area contributed by atoms with E-state index < -0.39 is 5.91 Å². The van der Waals surface area contributed by atoms with Gasteiger partial charge in [0.2, 0.25) is 0 Å². The average molecular weight is 290 g/mol. The Balaban J connectivity index is 1.82. The summed E-state index contributed by atoms with van der Waals surface area (Å²) in [4.78, 5) is 20.4. The number of hydrogen-bond acceptors (Lipinski definition) is 5. The summed E-state index contributed by atoms with van der Waals surface area (Å²) < 4.78 is 6.09. The number of nitrogens with zero attached hydrogens (tertiary/aromatic N) is 3. The smallest absolute Gasteiger partial charge is 0.252 e. The third-order valence-corrected chi connectivity index (χ3v) is 4.50. The number of piperidine rings is 1. The first-order valence-corrected chi connectivity index (χ1v) is 7.42. The van der Waals surface area contributed by atoms with Gasteiger partial charge in [-0.15, -0.1) is 0 Å². The second kappa shape index (κ2) is 5.61. The number of anilines is 1. The van der Waals surface area contributed by atoms with Gasteiger partial charge in [0.1, 0.15) is 5.82 Å². The number of primary amides is 1. The molecule has 114 valence electrons. The SMILES string of the molecule is CN1CCC2(CC1)CN(c1ncccc1C(N)=O)CCO2. The molecule has 2 saturated heterocycles. The molecule has 0 aliphatic carbocycles. The van der Waals surface area contributed by atoms with E-state index in [-0.39, 0.29) is 5.60 Å². The van der Waals surface area contributed by atoms with Crippen molar-refractivity contribution in [2.75, 3.05) is 44.7 Å². The summed E-state index contributed by atoms with van der Waals surface area (Å²) in [5.41, 5.74) is 5.84. The summed E-state index contributed by atoms with van der Waals surface area (Å²) in [5.74, 6) is 0.258. The van der Waals surface area contributed by atoms with Crippen molar-refractivity contribution in [3.63, 3.8) is 0 Å². The van der Waals surface area contributed by atoms with Crippen LogP contribution in [0.4, 0.5) is 5.82 Å². The molecule has 0 saturated carbocycles. The Morgan fingerprint density at radius 2 is 2.14 bits per heavy atom. The minimum Gasteiger partial charge on any atom is -0.371 e. The molecule has 2 aliphatic rings.